The van der Waals surface area contributed by atoms with Crippen molar-refractivity contribution in [3.63, 3.8) is 0 Å². The normalized spacial score (nSPS) is 16.2. The van der Waals surface area contributed by atoms with Crippen molar-refractivity contribution in [1.82, 2.24) is 15.2 Å². The summed E-state index contributed by atoms with van der Waals surface area (Å²) in [4.78, 5) is 10.6. The van der Waals surface area contributed by atoms with Crippen LogP contribution in [-0.4, -0.2) is 29.1 Å². The molecule has 0 atom stereocenters. The first-order chi connectivity index (χ1) is 10.6. The summed E-state index contributed by atoms with van der Waals surface area (Å²) >= 11 is 0. The van der Waals surface area contributed by atoms with E-state index in [9.17, 15) is 10.1 Å². The Morgan fingerprint density at radius 3 is 2.91 bits per heavy atom. The molecule has 6 heteroatoms. The van der Waals surface area contributed by atoms with Crippen molar-refractivity contribution in [3.8, 4) is 0 Å². The number of non-ortho nitro benzene ring substituents is 1. The fourth-order valence-corrected chi connectivity index (χ4v) is 3.21. The molecule has 0 aliphatic carbocycles. The minimum atomic E-state index is -0.335. The number of nitro benzene ring substituents is 1. The van der Waals surface area contributed by atoms with E-state index in [1.165, 1.54) is 12.8 Å². The summed E-state index contributed by atoms with van der Waals surface area (Å²) in [6.45, 7) is 3.97. The van der Waals surface area contributed by atoms with Gasteiger partial charge in [-0.1, -0.05) is 0 Å². The first-order valence-corrected chi connectivity index (χ1v) is 7.79. The highest BCUT2D eigenvalue weighted by Crippen LogP contribution is 2.25. The van der Waals surface area contributed by atoms with E-state index < -0.39 is 0 Å². The fraction of sp³-hybridized carbons (Fsp3) is 0.500. The number of aryl methyl sites for hydroxylation is 1. The third-order valence-corrected chi connectivity index (χ3v) is 4.47. The van der Waals surface area contributed by atoms with Crippen LogP contribution >= 0.6 is 0 Å². The smallest absolute Gasteiger partial charge is 0.270 e. The monoisotopic (exact) mass is 302 g/mol. The van der Waals surface area contributed by atoms with Crippen LogP contribution < -0.4 is 10.6 Å². The van der Waals surface area contributed by atoms with Gasteiger partial charge in [0.1, 0.15) is 0 Å². The molecule has 2 aromatic rings. The number of hydrogen-bond donors (Lipinski definition) is 2. The van der Waals surface area contributed by atoms with Gasteiger partial charge in [-0.15, -0.1) is 0 Å². The number of hydrogen-bond acceptors (Lipinski definition) is 4. The molecule has 0 saturated carbocycles. The van der Waals surface area contributed by atoms with Crippen LogP contribution in [0, 0.1) is 16.0 Å². The lowest BCUT2D eigenvalue weighted by atomic mass is 9.98. The quantitative estimate of drug-likeness (QED) is 0.656. The molecular weight excluding hydrogens is 280 g/mol. The van der Waals surface area contributed by atoms with Gasteiger partial charge in [-0.3, -0.25) is 10.1 Å². The van der Waals surface area contributed by atoms with E-state index >= 15 is 0 Å². The molecule has 2 heterocycles. The van der Waals surface area contributed by atoms with Crippen molar-refractivity contribution in [2.24, 2.45) is 13.0 Å². The second kappa shape index (κ2) is 6.46. The summed E-state index contributed by atoms with van der Waals surface area (Å²) in [6.07, 6.45) is 4.49. The fourth-order valence-electron chi connectivity index (χ4n) is 3.21. The van der Waals surface area contributed by atoms with Crippen LogP contribution in [-0.2, 0) is 13.6 Å². The molecule has 1 aromatic heterocycles. The van der Waals surface area contributed by atoms with Gasteiger partial charge in [0.2, 0.25) is 0 Å². The molecule has 22 heavy (non-hydrogen) atoms. The number of aromatic nitrogens is 1. The van der Waals surface area contributed by atoms with Gasteiger partial charge >= 0.3 is 0 Å². The Balaban J connectivity index is 1.72. The van der Waals surface area contributed by atoms with Crippen LogP contribution in [0.25, 0.3) is 10.9 Å². The van der Waals surface area contributed by atoms with Gasteiger partial charge in [-0.25, -0.2) is 0 Å². The number of piperidine rings is 1. The van der Waals surface area contributed by atoms with Crippen LogP contribution in [0.1, 0.15) is 18.4 Å². The highest BCUT2D eigenvalue weighted by molar-refractivity contribution is 5.86. The molecule has 0 spiro atoms. The highest BCUT2D eigenvalue weighted by Gasteiger charge is 2.14. The third kappa shape index (κ3) is 3.13. The number of benzene rings is 1. The van der Waals surface area contributed by atoms with Crippen molar-refractivity contribution in [2.75, 3.05) is 19.6 Å². The first kappa shape index (κ1) is 15.0. The van der Waals surface area contributed by atoms with Crippen LogP contribution in [0.15, 0.2) is 24.4 Å². The van der Waals surface area contributed by atoms with Gasteiger partial charge in [0.15, 0.2) is 0 Å². The average Bonchev–Trinajstić information content (AvgIpc) is 2.84. The Labute approximate surface area is 129 Å². The predicted molar refractivity (Wildman–Crippen MR) is 86.9 cm³/mol. The van der Waals surface area contributed by atoms with Gasteiger partial charge in [0.05, 0.1) is 4.92 Å². The number of nitrogens with one attached hydrogen (secondary N) is 2. The molecule has 3 rings (SSSR count). The van der Waals surface area contributed by atoms with Crippen LogP contribution in [0.4, 0.5) is 5.69 Å². The summed E-state index contributed by atoms with van der Waals surface area (Å²) < 4.78 is 2.03. The maximum atomic E-state index is 11.0. The number of fused-ring (bicyclic) bond motifs is 1. The maximum Gasteiger partial charge on any atom is 0.270 e. The summed E-state index contributed by atoms with van der Waals surface area (Å²) in [5, 5.41) is 18.8. The van der Waals surface area contributed by atoms with Gasteiger partial charge < -0.3 is 15.2 Å². The Hall–Kier alpha value is -1.92. The van der Waals surface area contributed by atoms with E-state index in [0.717, 1.165) is 48.6 Å². The molecule has 118 valence electrons. The largest absolute Gasteiger partial charge is 0.350 e. The lowest BCUT2D eigenvalue weighted by molar-refractivity contribution is -0.384. The lowest BCUT2D eigenvalue weighted by Crippen LogP contribution is -2.33. The Morgan fingerprint density at radius 2 is 2.18 bits per heavy atom. The zero-order valence-corrected chi connectivity index (χ0v) is 12.8. The molecule has 6 nitrogen and oxygen atoms in total. The molecule has 0 radical (unpaired) electrons. The molecule has 1 aliphatic heterocycles. The minimum absolute atomic E-state index is 0.151. The SMILES string of the molecule is Cn1cc(CNCC2CCNCC2)c2cc([N+](=O)[O-])ccc21. The van der Waals surface area contributed by atoms with Crippen LogP contribution in [0.3, 0.4) is 0 Å². The first-order valence-electron chi connectivity index (χ1n) is 7.79. The summed E-state index contributed by atoms with van der Waals surface area (Å²) in [5.74, 6) is 0.727. The average molecular weight is 302 g/mol. The number of rotatable bonds is 5. The Kier molecular flexibility index (Phi) is 4.40. The van der Waals surface area contributed by atoms with E-state index in [1.807, 2.05) is 17.7 Å². The van der Waals surface area contributed by atoms with E-state index in [0.29, 0.717) is 0 Å². The highest BCUT2D eigenvalue weighted by atomic mass is 16.6. The zero-order chi connectivity index (χ0) is 15.5. The number of nitro groups is 1. The second-order valence-corrected chi connectivity index (χ2v) is 6.05. The van der Waals surface area contributed by atoms with Crippen molar-refractivity contribution in [1.29, 1.82) is 0 Å². The third-order valence-electron chi connectivity index (χ3n) is 4.47. The lowest BCUT2D eigenvalue weighted by Gasteiger charge is -2.22. The van der Waals surface area contributed by atoms with Gasteiger partial charge in [0, 0.05) is 42.8 Å². The van der Waals surface area contributed by atoms with Gasteiger partial charge in [-0.05, 0) is 50.0 Å². The molecule has 0 amide bonds. The second-order valence-electron chi connectivity index (χ2n) is 6.05. The molecule has 0 unspecified atom stereocenters. The summed E-state index contributed by atoms with van der Waals surface area (Å²) in [5.41, 5.74) is 2.30. The molecular formula is C16H22N4O2. The van der Waals surface area contributed by atoms with Gasteiger partial charge in [-0.2, -0.15) is 0 Å². The molecule has 1 aliphatic rings. The predicted octanol–water partition coefficient (Wildman–Crippen LogP) is 2.18. The van der Waals surface area contributed by atoms with Crippen LogP contribution in [0.2, 0.25) is 0 Å². The van der Waals surface area contributed by atoms with Crippen molar-refractivity contribution < 1.29 is 4.92 Å². The number of nitrogens with zero attached hydrogens (tertiary/aromatic N) is 2. The van der Waals surface area contributed by atoms with Gasteiger partial charge in [0.25, 0.3) is 5.69 Å². The topological polar surface area (TPSA) is 72.1 Å². The zero-order valence-electron chi connectivity index (χ0n) is 12.8. The Bertz CT molecular complexity index is 674. The molecule has 1 aromatic carbocycles. The maximum absolute atomic E-state index is 11.0. The summed E-state index contributed by atoms with van der Waals surface area (Å²) in [6, 6.07) is 5.06. The molecule has 2 N–H and O–H groups in total. The summed E-state index contributed by atoms with van der Waals surface area (Å²) in [7, 11) is 1.98. The minimum Gasteiger partial charge on any atom is -0.350 e. The molecule has 0 bridgehead atoms. The van der Waals surface area contributed by atoms with Crippen molar-refractivity contribution >= 4 is 16.6 Å². The molecule has 1 fully saturated rings. The van der Waals surface area contributed by atoms with E-state index in [2.05, 4.69) is 16.8 Å². The standard InChI is InChI=1S/C16H22N4O2/c1-19-11-13(10-18-9-12-4-6-17-7-5-12)15-8-14(20(21)22)2-3-16(15)19/h2-3,8,11-12,17-18H,4-7,9-10H2,1H3. The Morgan fingerprint density at radius 1 is 1.41 bits per heavy atom. The van der Waals surface area contributed by atoms with E-state index in [1.54, 1.807) is 12.1 Å². The van der Waals surface area contributed by atoms with Crippen molar-refractivity contribution in [2.45, 2.75) is 19.4 Å². The van der Waals surface area contributed by atoms with Crippen LogP contribution in [0.5, 0.6) is 0 Å². The van der Waals surface area contributed by atoms with Crippen molar-refractivity contribution in [3.05, 3.63) is 40.1 Å². The van der Waals surface area contributed by atoms with E-state index in [-0.39, 0.29) is 10.6 Å². The van der Waals surface area contributed by atoms with E-state index in [4.69, 9.17) is 0 Å². The molecule has 1 saturated heterocycles.